The van der Waals surface area contributed by atoms with E-state index in [-0.39, 0.29) is 5.69 Å². The van der Waals surface area contributed by atoms with E-state index in [1.54, 1.807) is 6.20 Å². The highest BCUT2D eigenvalue weighted by Gasteiger charge is 2.37. The summed E-state index contributed by atoms with van der Waals surface area (Å²) in [5.74, 6) is 2.69. The molecule has 0 saturated heterocycles. The van der Waals surface area contributed by atoms with E-state index in [2.05, 4.69) is 41.5 Å². The first-order valence-electron chi connectivity index (χ1n) is 9.79. The number of ether oxygens (including phenoxy) is 1. The maximum absolute atomic E-state index is 8.82. The molecular weight excluding hydrogens is 368 g/mol. The summed E-state index contributed by atoms with van der Waals surface area (Å²) in [6.45, 7) is 2.80. The third-order valence-corrected chi connectivity index (χ3v) is 5.83. The van der Waals surface area contributed by atoms with Crippen LogP contribution < -0.4 is 4.74 Å². The molecule has 4 heterocycles. The molecule has 0 aliphatic heterocycles. The van der Waals surface area contributed by atoms with E-state index in [9.17, 15) is 0 Å². The Balaban J connectivity index is 1.37. The summed E-state index contributed by atoms with van der Waals surface area (Å²) < 4.78 is 7.98. The highest BCUT2D eigenvalue weighted by molar-refractivity contribution is 5.74. The number of H-pyrrole nitrogens is 1. The van der Waals surface area contributed by atoms with Crippen molar-refractivity contribution in [2.75, 3.05) is 6.61 Å². The van der Waals surface area contributed by atoms with E-state index < -0.39 is 0 Å². The van der Waals surface area contributed by atoms with E-state index in [0.717, 1.165) is 41.9 Å². The Morgan fingerprint density at radius 1 is 1.21 bits per heavy atom. The molecule has 1 aliphatic carbocycles. The van der Waals surface area contributed by atoms with Crippen LogP contribution in [-0.2, 0) is 0 Å². The molecule has 0 bridgehead atoms. The van der Waals surface area contributed by atoms with Gasteiger partial charge in [-0.05, 0) is 30.7 Å². The largest absolute Gasteiger partial charge is 0.476 e. The van der Waals surface area contributed by atoms with Crippen molar-refractivity contribution in [2.24, 2.45) is 11.8 Å². The van der Waals surface area contributed by atoms with Gasteiger partial charge >= 0.3 is 0 Å². The number of fused-ring (bicyclic) bond motifs is 3. The number of nitrogens with zero attached hydrogens (tertiary/aromatic N) is 7. The van der Waals surface area contributed by atoms with Gasteiger partial charge in [0, 0.05) is 12.1 Å². The van der Waals surface area contributed by atoms with Crippen LogP contribution in [0.3, 0.4) is 0 Å². The summed E-state index contributed by atoms with van der Waals surface area (Å²) in [5, 5.41) is 17.7. The Morgan fingerprint density at radius 3 is 2.93 bits per heavy atom. The molecule has 0 spiro atoms. The summed E-state index contributed by atoms with van der Waals surface area (Å²) in [7, 11) is 0. The highest BCUT2D eigenvalue weighted by atomic mass is 16.5. The van der Waals surface area contributed by atoms with Gasteiger partial charge in [-0.1, -0.05) is 13.3 Å². The standard InChI is InChI=1S/C20H20N8O/c1-2-13-5-12(11-29-18-10-23-14(7-21)8-24-18)6-15(13)20-27-26-17-9-25-19-16(28(17)20)3-4-22-19/h3-4,8-10,12-13,15,22H,2,5-6,11H2,1H3. The number of aromatic amines is 1. The quantitative estimate of drug-likeness (QED) is 0.558. The average Bonchev–Trinajstić information content (AvgIpc) is 3.48. The average molecular weight is 388 g/mol. The van der Waals surface area contributed by atoms with E-state index in [4.69, 9.17) is 10.00 Å². The minimum atomic E-state index is 0.286. The molecule has 4 aromatic heterocycles. The number of hydrogen-bond acceptors (Lipinski definition) is 7. The molecule has 5 rings (SSSR count). The monoisotopic (exact) mass is 388 g/mol. The lowest BCUT2D eigenvalue weighted by molar-refractivity contribution is 0.238. The van der Waals surface area contributed by atoms with Gasteiger partial charge in [0.25, 0.3) is 0 Å². The lowest BCUT2D eigenvalue weighted by Crippen LogP contribution is -2.10. The molecule has 1 aliphatic rings. The third-order valence-electron chi connectivity index (χ3n) is 5.83. The van der Waals surface area contributed by atoms with Gasteiger partial charge in [0.1, 0.15) is 11.9 Å². The minimum Gasteiger partial charge on any atom is -0.476 e. The van der Waals surface area contributed by atoms with Gasteiger partial charge in [-0.25, -0.2) is 15.0 Å². The van der Waals surface area contributed by atoms with Crippen LogP contribution in [0.15, 0.2) is 30.9 Å². The summed E-state index contributed by atoms with van der Waals surface area (Å²) in [6, 6.07) is 3.98. The van der Waals surface area contributed by atoms with Gasteiger partial charge < -0.3 is 9.72 Å². The molecule has 1 N–H and O–H groups in total. The number of aromatic nitrogens is 7. The second-order valence-electron chi connectivity index (χ2n) is 7.50. The Morgan fingerprint density at radius 2 is 2.14 bits per heavy atom. The van der Waals surface area contributed by atoms with Crippen molar-refractivity contribution in [1.82, 2.24) is 34.5 Å². The van der Waals surface area contributed by atoms with Gasteiger partial charge in [0.2, 0.25) is 5.88 Å². The molecule has 29 heavy (non-hydrogen) atoms. The topological polar surface area (TPSA) is 118 Å². The minimum absolute atomic E-state index is 0.286. The van der Waals surface area contributed by atoms with Crippen LogP contribution in [0.25, 0.3) is 16.8 Å². The van der Waals surface area contributed by atoms with Crippen molar-refractivity contribution in [2.45, 2.75) is 32.1 Å². The van der Waals surface area contributed by atoms with Crippen molar-refractivity contribution in [3.05, 3.63) is 42.4 Å². The molecule has 3 atom stereocenters. The van der Waals surface area contributed by atoms with Gasteiger partial charge in [0.15, 0.2) is 17.0 Å². The molecule has 9 heteroatoms. The van der Waals surface area contributed by atoms with Crippen molar-refractivity contribution in [1.29, 1.82) is 5.26 Å². The smallest absolute Gasteiger partial charge is 0.232 e. The summed E-state index contributed by atoms with van der Waals surface area (Å²) in [6.07, 6.45) is 9.72. The van der Waals surface area contributed by atoms with Crippen LogP contribution in [0.2, 0.25) is 0 Å². The maximum Gasteiger partial charge on any atom is 0.232 e. The first kappa shape index (κ1) is 17.6. The van der Waals surface area contributed by atoms with E-state index in [0.29, 0.717) is 30.2 Å². The van der Waals surface area contributed by atoms with Crippen LogP contribution in [-0.4, -0.2) is 41.1 Å². The van der Waals surface area contributed by atoms with Gasteiger partial charge in [0.05, 0.1) is 30.7 Å². The van der Waals surface area contributed by atoms with Crippen LogP contribution >= 0.6 is 0 Å². The first-order chi connectivity index (χ1) is 14.3. The van der Waals surface area contributed by atoms with Crippen LogP contribution in [0.1, 0.15) is 43.6 Å². The molecule has 4 aromatic rings. The molecule has 3 unspecified atom stereocenters. The fraction of sp³-hybridized carbons (Fsp3) is 0.400. The Hall–Kier alpha value is -3.54. The predicted octanol–water partition coefficient (Wildman–Crippen LogP) is 2.87. The first-order valence-corrected chi connectivity index (χ1v) is 9.79. The number of hydrogen-bond donors (Lipinski definition) is 1. The van der Waals surface area contributed by atoms with Crippen LogP contribution in [0, 0.1) is 23.2 Å². The summed E-state index contributed by atoms with van der Waals surface area (Å²) in [4.78, 5) is 15.7. The van der Waals surface area contributed by atoms with Crippen molar-refractivity contribution < 1.29 is 4.74 Å². The van der Waals surface area contributed by atoms with Crippen molar-refractivity contribution in [3.63, 3.8) is 0 Å². The second kappa shape index (κ2) is 7.13. The summed E-state index contributed by atoms with van der Waals surface area (Å²) >= 11 is 0. The van der Waals surface area contributed by atoms with Crippen molar-refractivity contribution in [3.8, 4) is 11.9 Å². The molecule has 0 aromatic carbocycles. The molecule has 9 nitrogen and oxygen atoms in total. The van der Waals surface area contributed by atoms with Crippen molar-refractivity contribution >= 4 is 16.8 Å². The molecule has 1 fully saturated rings. The van der Waals surface area contributed by atoms with E-state index >= 15 is 0 Å². The van der Waals surface area contributed by atoms with Crippen LogP contribution in [0.5, 0.6) is 5.88 Å². The van der Waals surface area contributed by atoms with E-state index in [1.165, 1.54) is 12.4 Å². The zero-order chi connectivity index (χ0) is 19.8. The third kappa shape index (κ3) is 3.06. The second-order valence-corrected chi connectivity index (χ2v) is 7.50. The molecule has 0 radical (unpaired) electrons. The number of nitrogens with one attached hydrogen (secondary N) is 1. The van der Waals surface area contributed by atoms with Gasteiger partial charge in [-0.15, -0.1) is 10.2 Å². The molecular formula is C20H20N8O. The highest BCUT2D eigenvalue weighted by Crippen LogP contribution is 2.44. The van der Waals surface area contributed by atoms with Crippen LogP contribution in [0.4, 0.5) is 0 Å². The Kier molecular flexibility index (Phi) is 4.31. The zero-order valence-electron chi connectivity index (χ0n) is 16.0. The molecule has 0 amide bonds. The summed E-state index contributed by atoms with van der Waals surface area (Å²) in [5.41, 5.74) is 2.90. The predicted molar refractivity (Wildman–Crippen MR) is 104 cm³/mol. The SMILES string of the molecule is CCC1CC(COc2cnc(C#N)cn2)CC1c1nnc2cnc3[nH]ccc3n12. The lowest BCUT2D eigenvalue weighted by Gasteiger charge is -2.16. The number of rotatable bonds is 5. The Bertz CT molecular complexity index is 1190. The normalized spacial score (nSPS) is 21.6. The number of nitriles is 1. The maximum atomic E-state index is 8.82. The molecule has 146 valence electrons. The lowest BCUT2D eigenvalue weighted by atomic mass is 9.93. The molecule has 1 saturated carbocycles. The van der Waals surface area contributed by atoms with Gasteiger partial charge in [-0.2, -0.15) is 5.26 Å². The zero-order valence-corrected chi connectivity index (χ0v) is 16.0. The van der Waals surface area contributed by atoms with E-state index in [1.807, 2.05) is 18.3 Å². The fourth-order valence-corrected chi connectivity index (χ4v) is 4.43. The fourth-order valence-electron chi connectivity index (χ4n) is 4.43. The van der Waals surface area contributed by atoms with Gasteiger partial charge in [-0.3, -0.25) is 4.40 Å². The Labute approximate surface area is 166 Å².